The smallest absolute Gasteiger partial charge is 0.187 e. The largest absolute Gasteiger partial charge is 0.388 e. The summed E-state index contributed by atoms with van der Waals surface area (Å²) in [6, 6.07) is 5.71. The molecule has 0 saturated heterocycles. The molecular formula is C11H12N2OS2. The van der Waals surface area contributed by atoms with Crippen LogP contribution in [-0.4, -0.2) is 20.8 Å². The Hall–Kier alpha value is -0.910. The Labute approximate surface area is 103 Å². The summed E-state index contributed by atoms with van der Waals surface area (Å²) >= 11 is 3.16. The quantitative estimate of drug-likeness (QED) is 0.656. The molecule has 3 nitrogen and oxygen atoms in total. The second-order valence-electron chi connectivity index (χ2n) is 3.20. The van der Waals surface area contributed by atoms with Gasteiger partial charge >= 0.3 is 0 Å². The zero-order valence-corrected chi connectivity index (χ0v) is 10.2. The van der Waals surface area contributed by atoms with Crippen molar-refractivity contribution in [2.75, 3.05) is 5.75 Å². The molecule has 0 radical (unpaired) electrons. The standard InChI is InChI=1S/C11H12N2OS2/c14-9(10-3-1-7-15-10)4-8-16-11-12-5-2-6-13-11/h1-3,5-7,9,14H,4,8H2/t9-/m0/s1. The van der Waals surface area contributed by atoms with Crippen LogP contribution in [0.2, 0.25) is 0 Å². The number of aliphatic hydroxyl groups excluding tert-OH is 1. The summed E-state index contributed by atoms with van der Waals surface area (Å²) in [6.07, 6.45) is 3.82. The zero-order valence-electron chi connectivity index (χ0n) is 8.61. The van der Waals surface area contributed by atoms with Crippen molar-refractivity contribution in [1.82, 2.24) is 9.97 Å². The van der Waals surface area contributed by atoms with Crippen molar-refractivity contribution in [3.05, 3.63) is 40.8 Å². The highest BCUT2D eigenvalue weighted by molar-refractivity contribution is 7.99. The SMILES string of the molecule is O[C@@H](CCSc1ncccn1)c1cccs1. The van der Waals surface area contributed by atoms with E-state index in [2.05, 4.69) is 9.97 Å². The van der Waals surface area contributed by atoms with Crippen LogP contribution in [0, 0.1) is 0 Å². The van der Waals surface area contributed by atoms with Gasteiger partial charge in [-0.1, -0.05) is 17.8 Å². The normalized spacial score (nSPS) is 12.6. The van der Waals surface area contributed by atoms with E-state index in [1.165, 1.54) is 0 Å². The zero-order chi connectivity index (χ0) is 11.2. The molecule has 0 aliphatic carbocycles. The van der Waals surface area contributed by atoms with Gasteiger partial charge in [0.2, 0.25) is 0 Å². The number of thiophene rings is 1. The van der Waals surface area contributed by atoms with Gasteiger partial charge in [0.1, 0.15) is 0 Å². The maximum absolute atomic E-state index is 9.84. The Balaban J connectivity index is 1.76. The minimum absolute atomic E-state index is 0.365. The van der Waals surface area contributed by atoms with Gasteiger partial charge in [0, 0.05) is 23.0 Å². The van der Waals surface area contributed by atoms with Crippen LogP contribution in [0.5, 0.6) is 0 Å². The van der Waals surface area contributed by atoms with Gasteiger partial charge in [-0.2, -0.15) is 0 Å². The van der Waals surface area contributed by atoms with E-state index in [4.69, 9.17) is 0 Å². The Morgan fingerprint density at radius 2 is 2.12 bits per heavy atom. The number of hydrogen-bond donors (Lipinski definition) is 1. The van der Waals surface area contributed by atoms with Crippen molar-refractivity contribution in [2.24, 2.45) is 0 Å². The summed E-state index contributed by atoms with van der Waals surface area (Å²) < 4.78 is 0. The first-order valence-electron chi connectivity index (χ1n) is 4.97. The molecule has 1 atom stereocenters. The molecule has 0 spiro atoms. The molecule has 0 amide bonds. The molecule has 0 unspecified atom stereocenters. The average Bonchev–Trinajstić information content (AvgIpc) is 2.84. The van der Waals surface area contributed by atoms with Crippen molar-refractivity contribution in [3.63, 3.8) is 0 Å². The summed E-state index contributed by atoms with van der Waals surface area (Å²) in [6.45, 7) is 0. The molecule has 84 valence electrons. The Bertz CT molecular complexity index is 405. The first kappa shape index (κ1) is 11.6. The van der Waals surface area contributed by atoms with Gasteiger partial charge in [-0.25, -0.2) is 9.97 Å². The predicted molar refractivity (Wildman–Crippen MR) is 66.7 cm³/mol. The lowest BCUT2D eigenvalue weighted by molar-refractivity contribution is 0.179. The fourth-order valence-corrected chi connectivity index (χ4v) is 2.79. The Morgan fingerprint density at radius 1 is 1.31 bits per heavy atom. The lowest BCUT2D eigenvalue weighted by atomic mass is 10.2. The summed E-state index contributed by atoms with van der Waals surface area (Å²) in [5, 5.41) is 12.6. The van der Waals surface area contributed by atoms with E-state index in [-0.39, 0.29) is 6.10 Å². The van der Waals surface area contributed by atoms with Crippen LogP contribution in [0.15, 0.2) is 41.1 Å². The molecule has 0 aliphatic rings. The fraction of sp³-hybridized carbons (Fsp3) is 0.273. The third-order valence-corrected chi connectivity index (χ3v) is 3.92. The number of rotatable bonds is 5. The molecule has 0 aromatic carbocycles. The third-order valence-electron chi connectivity index (χ3n) is 2.04. The van der Waals surface area contributed by atoms with Crippen LogP contribution in [0.25, 0.3) is 0 Å². The summed E-state index contributed by atoms with van der Waals surface area (Å²) in [7, 11) is 0. The second-order valence-corrected chi connectivity index (χ2v) is 5.24. The maximum atomic E-state index is 9.84. The summed E-state index contributed by atoms with van der Waals surface area (Å²) in [5.74, 6) is 0.823. The highest BCUT2D eigenvalue weighted by Crippen LogP contribution is 2.24. The van der Waals surface area contributed by atoms with Gasteiger partial charge in [-0.05, 0) is 23.9 Å². The van der Waals surface area contributed by atoms with E-state index < -0.39 is 0 Å². The molecule has 2 rings (SSSR count). The van der Waals surface area contributed by atoms with E-state index in [1.807, 2.05) is 17.5 Å². The van der Waals surface area contributed by atoms with Crippen LogP contribution < -0.4 is 0 Å². The second kappa shape index (κ2) is 5.98. The van der Waals surface area contributed by atoms with E-state index in [9.17, 15) is 5.11 Å². The van der Waals surface area contributed by atoms with Crippen LogP contribution in [0.3, 0.4) is 0 Å². The van der Waals surface area contributed by atoms with Crippen LogP contribution in [0.4, 0.5) is 0 Å². The van der Waals surface area contributed by atoms with Crippen molar-refractivity contribution in [3.8, 4) is 0 Å². The first-order chi connectivity index (χ1) is 7.86. The summed E-state index contributed by atoms with van der Waals surface area (Å²) in [4.78, 5) is 9.25. The molecular weight excluding hydrogens is 240 g/mol. The highest BCUT2D eigenvalue weighted by atomic mass is 32.2. The molecule has 1 N–H and O–H groups in total. The first-order valence-corrected chi connectivity index (χ1v) is 6.84. The highest BCUT2D eigenvalue weighted by Gasteiger charge is 2.08. The average molecular weight is 252 g/mol. The Kier molecular flexibility index (Phi) is 4.33. The van der Waals surface area contributed by atoms with Crippen molar-refractivity contribution in [2.45, 2.75) is 17.7 Å². The molecule has 0 aliphatic heterocycles. The van der Waals surface area contributed by atoms with E-state index in [1.54, 1.807) is 41.6 Å². The third kappa shape index (κ3) is 3.30. The minimum atomic E-state index is -0.365. The predicted octanol–water partition coefficient (Wildman–Crippen LogP) is 2.75. The molecule has 2 aromatic rings. The lowest BCUT2D eigenvalue weighted by Gasteiger charge is -2.06. The maximum Gasteiger partial charge on any atom is 0.187 e. The van der Waals surface area contributed by atoms with Crippen LogP contribution in [0.1, 0.15) is 17.4 Å². The minimum Gasteiger partial charge on any atom is -0.388 e. The van der Waals surface area contributed by atoms with Gasteiger partial charge in [-0.3, -0.25) is 0 Å². The molecule has 0 fully saturated rings. The monoisotopic (exact) mass is 252 g/mol. The van der Waals surface area contributed by atoms with Crippen molar-refractivity contribution in [1.29, 1.82) is 0 Å². The number of hydrogen-bond acceptors (Lipinski definition) is 5. The van der Waals surface area contributed by atoms with E-state index >= 15 is 0 Å². The molecule has 0 bridgehead atoms. The number of aliphatic hydroxyl groups is 1. The van der Waals surface area contributed by atoms with Crippen LogP contribution in [-0.2, 0) is 0 Å². The number of aromatic nitrogens is 2. The van der Waals surface area contributed by atoms with E-state index in [0.29, 0.717) is 0 Å². The van der Waals surface area contributed by atoms with Gasteiger partial charge in [0.15, 0.2) is 5.16 Å². The number of thioether (sulfide) groups is 1. The lowest BCUT2D eigenvalue weighted by Crippen LogP contribution is -1.96. The van der Waals surface area contributed by atoms with Gasteiger partial charge in [-0.15, -0.1) is 11.3 Å². The van der Waals surface area contributed by atoms with Crippen molar-refractivity contribution >= 4 is 23.1 Å². The molecule has 0 saturated carbocycles. The summed E-state index contributed by atoms with van der Waals surface area (Å²) in [5.41, 5.74) is 0. The van der Waals surface area contributed by atoms with Crippen LogP contribution >= 0.6 is 23.1 Å². The van der Waals surface area contributed by atoms with Crippen molar-refractivity contribution < 1.29 is 5.11 Å². The fourth-order valence-electron chi connectivity index (χ4n) is 1.24. The topological polar surface area (TPSA) is 46.0 Å². The molecule has 16 heavy (non-hydrogen) atoms. The van der Waals surface area contributed by atoms with Gasteiger partial charge in [0.05, 0.1) is 6.10 Å². The van der Waals surface area contributed by atoms with Gasteiger partial charge in [0.25, 0.3) is 0 Å². The number of nitrogens with zero attached hydrogens (tertiary/aromatic N) is 2. The van der Waals surface area contributed by atoms with E-state index in [0.717, 1.165) is 22.2 Å². The Morgan fingerprint density at radius 3 is 2.81 bits per heavy atom. The molecule has 2 heterocycles. The van der Waals surface area contributed by atoms with Gasteiger partial charge < -0.3 is 5.11 Å². The molecule has 5 heteroatoms. The molecule has 2 aromatic heterocycles.